The molecule has 33 heavy (non-hydrogen) atoms. The Bertz CT molecular complexity index is 762. The Kier molecular flexibility index (Phi) is 13.6. The van der Waals surface area contributed by atoms with E-state index >= 15 is 0 Å². The first-order chi connectivity index (χ1) is 15.2. The Balaban J connectivity index is 5.06. The van der Waals surface area contributed by atoms with Crippen molar-refractivity contribution in [2.75, 3.05) is 38.7 Å². The van der Waals surface area contributed by atoms with Crippen LogP contribution in [0.15, 0.2) is 0 Å². The molecule has 0 saturated carbocycles. The highest BCUT2D eigenvalue weighted by atomic mass is 32.2. The molecule has 0 heterocycles. The van der Waals surface area contributed by atoms with Crippen LogP contribution in [0.5, 0.6) is 0 Å². The number of hydrogen-bond acceptors (Lipinski definition) is 11. The Morgan fingerprint density at radius 2 is 1.58 bits per heavy atom. The number of carbonyl (C=O) groups is 4. The van der Waals surface area contributed by atoms with Gasteiger partial charge >= 0.3 is 18.1 Å². The maximum Gasteiger partial charge on any atom is 0.508 e. The van der Waals surface area contributed by atoms with Crippen molar-refractivity contribution in [1.82, 2.24) is 5.32 Å². The number of carbonyl (C=O) groups excluding carboxylic acids is 4. The predicted molar refractivity (Wildman–Crippen MR) is 115 cm³/mol. The van der Waals surface area contributed by atoms with Crippen LogP contribution in [0.3, 0.4) is 0 Å². The molecule has 0 aliphatic heterocycles. The first-order valence-corrected chi connectivity index (χ1v) is 12.1. The average molecular weight is 498 g/mol. The van der Waals surface area contributed by atoms with E-state index in [-0.39, 0.29) is 44.4 Å². The van der Waals surface area contributed by atoms with Crippen molar-refractivity contribution in [1.29, 1.82) is 0 Å². The van der Waals surface area contributed by atoms with Gasteiger partial charge in [-0.05, 0) is 13.3 Å². The second-order valence-corrected chi connectivity index (χ2v) is 9.78. The lowest BCUT2D eigenvalue weighted by Gasteiger charge is -2.32. The van der Waals surface area contributed by atoms with E-state index in [1.165, 1.54) is 20.8 Å². The van der Waals surface area contributed by atoms with Crippen molar-refractivity contribution in [3.8, 4) is 0 Å². The van der Waals surface area contributed by atoms with E-state index in [4.69, 9.17) is 18.4 Å². The van der Waals surface area contributed by atoms with Gasteiger partial charge in [0.15, 0.2) is 0 Å². The van der Waals surface area contributed by atoms with E-state index in [0.29, 0.717) is 0 Å². The monoisotopic (exact) mass is 497 g/mol. The lowest BCUT2D eigenvalue weighted by atomic mass is 9.87. The van der Waals surface area contributed by atoms with Crippen LogP contribution >= 0.6 is 0 Å². The fourth-order valence-electron chi connectivity index (χ4n) is 2.17. The van der Waals surface area contributed by atoms with Crippen LogP contribution in [0.1, 0.15) is 48.0 Å². The summed E-state index contributed by atoms with van der Waals surface area (Å²) in [5, 5.41) is 2.48. The minimum Gasteiger partial charge on any atom is -0.459 e. The molecule has 0 aliphatic carbocycles. The fourth-order valence-corrected chi connectivity index (χ4v) is 3.27. The number of hydrogen-bond donors (Lipinski definition) is 1. The summed E-state index contributed by atoms with van der Waals surface area (Å²) in [4.78, 5) is 46.7. The Labute approximate surface area is 194 Å². The summed E-state index contributed by atoms with van der Waals surface area (Å²) in [6.45, 7) is 8.22. The van der Waals surface area contributed by atoms with E-state index in [1.807, 2.05) is 0 Å². The van der Waals surface area contributed by atoms with Crippen molar-refractivity contribution in [3.05, 3.63) is 0 Å². The van der Waals surface area contributed by atoms with Gasteiger partial charge in [-0.2, -0.15) is 8.42 Å². The fraction of sp³-hybridized carbons (Fsp3) is 0.800. The lowest BCUT2D eigenvalue weighted by Crippen LogP contribution is -2.45. The second kappa shape index (κ2) is 14.7. The molecule has 1 N–H and O–H groups in total. The predicted octanol–water partition coefficient (Wildman–Crippen LogP) is 1.17. The van der Waals surface area contributed by atoms with Crippen LogP contribution in [-0.4, -0.2) is 77.2 Å². The van der Waals surface area contributed by atoms with Crippen LogP contribution < -0.4 is 5.32 Å². The molecule has 0 aromatic heterocycles. The third kappa shape index (κ3) is 13.7. The van der Waals surface area contributed by atoms with Crippen LogP contribution in [0, 0.1) is 11.3 Å². The normalized spacial score (nSPS) is 12.6. The van der Waals surface area contributed by atoms with Gasteiger partial charge in [0.25, 0.3) is 10.1 Å². The largest absolute Gasteiger partial charge is 0.508 e. The molecule has 192 valence electrons. The van der Waals surface area contributed by atoms with Crippen LogP contribution in [0.2, 0.25) is 0 Å². The zero-order chi connectivity index (χ0) is 25.7. The Morgan fingerprint density at radius 3 is 2.12 bits per heavy atom. The third-order valence-corrected chi connectivity index (χ3v) is 5.26. The molecule has 0 saturated heterocycles. The van der Waals surface area contributed by atoms with Gasteiger partial charge in [-0.1, -0.05) is 27.7 Å². The molecule has 1 amide bonds. The number of nitrogens with one attached hydrogen (secondary N) is 1. The van der Waals surface area contributed by atoms with Crippen molar-refractivity contribution in [2.24, 2.45) is 11.3 Å². The number of amides is 1. The van der Waals surface area contributed by atoms with Gasteiger partial charge in [-0.3, -0.25) is 13.8 Å². The summed E-state index contributed by atoms with van der Waals surface area (Å²) in [6, 6.07) is 0. The molecule has 0 fully saturated rings. The molecule has 1 atom stereocenters. The van der Waals surface area contributed by atoms with E-state index in [0.717, 1.165) is 0 Å². The summed E-state index contributed by atoms with van der Waals surface area (Å²) in [5.41, 5.74) is -1.28. The van der Waals surface area contributed by atoms with Gasteiger partial charge in [0.2, 0.25) is 12.0 Å². The van der Waals surface area contributed by atoms with Gasteiger partial charge in [-0.15, -0.1) is 0 Å². The highest BCUT2D eigenvalue weighted by Gasteiger charge is 2.41. The molecule has 0 unspecified atom stereocenters. The van der Waals surface area contributed by atoms with Gasteiger partial charge in [-0.25, -0.2) is 9.59 Å². The second-order valence-electron chi connectivity index (χ2n) is 8.02. The number of esters is 2. The van der Waals surface area contributed by atoms with Gasteiger partial charge < -0.3 is 24.3 Å². The molecule has 12 nitrogen and oxygen atoms in total. The third-order valence-electron chi connectivity index (χ3n) is 3.99. The summed E-state index contributed by atoms with van der Waals surface area (Å²) in [5.74, 6) is -2.83. The minimum absolute atomic E-state index is 0.121. The molecule has 0 spiro atoms. The van der Waals surface area contributed by atoms with E-state index < -0.39 is 52.3 Å². The average Bonchev–Trinajstić information content (AvgIpc) is 2.71. The zero-order valence-corrected chi connectivity index (χ0v) is 20.8. The molecule has 0 aromatic rings. The first-order valence-electron chi connectivity index (χ1n) is 10.5. The Hall–Kier alpha value is -2.41. The SMILES string of the molecule is CCOC(=O)OCCOC(=O)[C@H](OC(=O)C(C)C)C(C)(C)COS(=O)(=O)CCCNC(C)=O. The highest BCUT2D eigenvalue weighted by Crippen LogP contribution is 2.27. The lowest BCUT2D eigenvalue weighted by molar-refractivity contribution is -0.180. The van der Waals surface area contributed by atoms with Crippen LogP contribution in [0.25, 0.3) is 0 Å². The molecule has 0 aromatic carbocycles. The maximum absolute atomic E-state index is 12.6. The molecular weight excluding hydrogens is 462 g/mol. The summed E-state index contributed by atoms with van der Waals surface area (Å²) >= 11 is 0. The van der Waals surface area contributed by atoms with Crippen molar-refractivity contribution < 1.29 is 50.7 Å². The summed E-state index contributed by atoms with van der Waals surface area (Å²) in [7, 11) is -3.97. The summed E-state index contributed by atoms with van der Waals surface area (Å²) < 4.78 is 48.9. The standard InChI is InChI=1S/C20H35NO11S/c1-7-28-19(25)30-11-10-29-18(24)16(32-17(23)14(2)3)20(5,6)13-31-33(26,27)12-8-9-21-15(4)22/h14,16H,7-13H2,1-6H3,(H,21,22)/t16-/m0/s1. The topological polar surface area (TPSA) is 161 Å². The molecule has 0 bridgehead atoms. The van der Waals surface area contributed by atoms with E-state index in [2.05, 4.69) is 10.1 Å². The van der Waals surface area contributed by atoms with Crippen LogP contribution in [-0.2, 0) is 47.6 Å². The zero-order valence-electron chi connectivity index (χ0n) is 20.0. The summed E-state index contributed by atoms with van der Waals surface area (Å²) in [6.07, 6.45) is -2.27. The van der Waals surface area contributed by atoms with Gasteiger partial charge in [0, 0.05) is 18.9 Å². The quantitative estimate of drug-likeness (QED) is 0.150. The highest BCUT2D eigenvalue weighted by molar-refractivity contribution is 7.86. The Morgan fingerprint density at radius 1 is 0.970 bits per heavy atom. The smallest absolute Gasteiger partial charge is 0.459 e. The van der Waals surface area contributed by atoms with Crippen molar-refractivity contribution in [3.63, 3.8) is 0 Å². The molecule has 0 radical (unpaired) electrons. The van der Waals surface area contributed by atoms with E-state index in [9.17, 15) is 27.6 Å². The first kappa shape index (κ1) is 30.6. The molecule has 13 heteroatoms. The van der Waals surface area contributed by atoms with Crippen LogP contribution in [0.4, 0.5) is 4.79 Å². The number of rotatable bonds is 15. The van der Waals surface area contributed by atoms with E-state index in [1.54, 1.807) is 20.8 Å². The van der Waals surface area contributed by atoms with Gasteiger partial charge in [0.05, 0.1) is 24.9 Å². The maximum atomic E-state index is 12.6. The molecule has 0 rings (SSSR count). The van der Waals surface area contributed by atoms with Crippen molar-refractivity contribution in [2.45, 2.75) is 54.1 Å². The molecular formula is C20H35NO11S. The minimum atomic E-state index is -3.97. The van der Waals surface area contributed by atoms with Crippen molar-refractivity contribution >= 4 is 34.1 Å². The molecule has 0 aliphatic rings. The van der Waals surface area contributed by atoms with Gasteiger partial charge in [0.1, 0.15) is 13.2 Å². The number of ether oxygens (including phenoxy) is 4.